The number of non-ortho nitro benzene ring substituents is 2. The van der Waals surface area contributed by atoms with Crippen LogP contribution in [0.15, 0.2) is 79.5 Å². The molecule has 0 saturated heterocycles. The number of thiazole rings is 2. The number of nitrogens with zero attached hydrogens (tertiary/aromatic N) is 4. The predicted octanol–water partition coefficient (Wildman–Crippen LogP) is 6.37. The molecule has 0 saturated carbocycles. The standard InChI is InChI=1S/C13H15N3O4S2.C10H13BrN2O4S.C3H3NS/c1-13(2,3)15-22(19,20)12-6-9(16(17)18)4-5-10(12)11-7-14-8-21-11;1-10(2,3)12-18(16,17)9-6-7(13(14)15)4-5-8(9)11;1-2-5-3-4-1/h4-8,15H,1-3H3;4-6,12H,1-3H3;1-3H. The third-order valence-electron chi connectivity index (χ3n) is 4.81. The molecule has 19 heteroatoms. The van der Waals surface area contributed by atoms with Crippen LogP contribution in [-0.4, -0.2) is 47.7 Å². The van der Waals surface area contributed by atoms with Crippen LogP contribution in [0.4, 0.5) is 11.4 Å². The highest BCUT2D eigenvalue weighted by Crippen LogP contribution is 2.33. The molecule has 2 heterocycles. The molecule has 0 atom stereocenters. The first-order valence-corrected chi connectivity index (χ1v) is 18.2. The molecular formula is C26H31BrN6O8S4. The molecule has 4 rings (SSSR count). The second kappa shape index (κ2) is 15.4. The van der Waals surface area contributed by atoms with E-state index in [1.165, 1.54) is 41.8 Å². The van der Waals surface area contributed by atoms with Gasteiger partial charge in [0.2, 0.25) is 20.0 Å². The minimum Gasteiger partial charge on any atom is -0.258 e. The Bertz CT molecular complexity index is 1800. The number of aromatic nitrogens is 2. The Morgan fingerprint density at radius 1 is 0.778 bits per heavy atom. The van der Waals surface area contributed by atoms with Gasteiger partial charge < -0.3 is 0 Å². The Labute approximate surface area is 277 Å². The minimum atomic E-state index is -3.91. The summed E-state index contributed by atoms with van der Waals surface area (Å²) in [5.41, 5.74) is 1.85. The highest BCUT2D eigenvalue weighted by molar-refractivity contribution is 9.10. The van der Waals surface area contributed by atoms with Gasteiger partial charge in [-0.15, -0.1) is 22.7 Å². The fourth-order valence-electron chi connectivity index (χ4n) is 3.30. The van der Waals surface area contributed by atoms with Crippen molar-refractivity contribution in [1.29, 1.82) is 0 Å². The quantitative estimate of drug-likeness (QED) is 0.157. The van der Waals surface area contributed by atoms with Gasteiger partial charge in [-0.25, -0.2) is 26.3 Å². The molecule has 0 radical (unpaired) electrons. The lowest BCUT2D eigenvalue weighted by molar-refractivity contribution is -0.385. The number of nitro benzene ring substituents is 2. The molecule has 244 valence electrons. The first-order chi connectivity index (χ1) is 20.6. The summed E-state index contributed by atoms with van der Waals surface area (Å²) in [4.78, 5) is 28.4. The van der Waals surface area contributed by atoms with Gasteiger partial charge >= 0.3 is 0 Å². The van der Waals surface area contributed by atoms with Crippen LogP contribution < -0.4 is 9.44 Å². The Balaban J connectivity index is 0.000000275. The van der Waals surface area contributed by atoms with Gasteiger partial charge in [0, 0.05) is 63.2 Å². The lowest BCUT2D eigenvalue weighted by atomic mass is 10.1. The molecule has 0 unspecified atom stereocenters. The molecule has 2 N–H and O–H groups in total. The largest absolute Gasteiger partial charge is 0.270 e. The van der Waals surface area contributed by atoms with Gasteiger partial charge in [-0.05, 0) is 69.6 Å². The maximum atomic E-state index is 12.6. The molecule has 14 nitrogen and oxygen atoms in total. The van der Waals surface area contributed by atoms with Crippen LogP contribution in [0.5, 0.6) is 0 Å². The van der Waals surface area contributed by atoms with Crippen LogP contribution in [-0.2, 0) is 20.0 Å². The van der Waals surface area contributed by atoms with Crippen LogP contribution in [0, 0.1) is 20.2 Å². The van der Waals surface area contributed by atoms with Crippen LogP contribution in [0.2, 0.25) is 0 Å². The van der Waals surface area contributed by atoms with Gasteiger partial charge in [0.05, 0.1) is 30.6 Å². The van der Waals surface area contributed by atoms with Crippen LogP contribution >= 0.6 is 38.6 Å². The zero-order chi connectivity index (χ0) is 34.2. The molecular weight excluding hydrogens is 732 g/mol. The summed E-state index contributed by atoms with van der Waals surface area (Å²) in [6.07, 6.45) is 3.30. The molecule has 0 bridgehead atoms. The third kappa shape index (κ3) is 12.3. The van der Waals surface area contributed by atoms with Crippen LogP contribution in [0.25, 0.3) is 10.4 Å². The average molecular weight is 764 g/mol. The van der Waals surface area contributed by atoms with E-state index in [9.17, 15) is 37.1 Å². The summed E-state index contributed by atoms with van der Waals surface area (Å²) in [6.45, 7) is 10.2. The number of nitro groups is 2. The molecule has 0 aliphatic carbocycles. The third-order valence-corrected chi connectivity index (χ3v) is 10.7. The molecule has 0 spiro atoms. The second-order valence-electron chi connectivity index (χ2n) is 11.1. The monoisotopic (exact) mass is 762 g/mol. The molecule has 0 aliphatic rings. The number of rotatable bonds is 7. The fraction of sp³-hybridized carbons (Fsp3) is 0.308. The number of hydrogen-bond acceptors (Lipinski definition) is 12. The Kier molecular flexibility index (Phi) is 13.0. The van der Waals surface area contributed by atoms with Gasteiger partial charge in [-0.2, -0.15) is 0 Å². The Hall–Kier alpha value is -3.20. The van der Waals surface area contributed by atoms with E-state index in [4.69, 9.17) is 0 Å². The van der Waals surface area contributed by atoms with Gasteiger partial charge in [0.1, 0.15) is 4.90 Å². The van der Waals surface area contributed by atoms with Gasteiger partial charge in [0.25, 0.3) is 11.4 Å². The lowest BCUT2D eigenvalue weighted by Gasteiger charge is -2.21. The van der Waals surface area contributed by atoms with E-state index in [0.717, 1.165) is 12.1 Å². The van der Waals surface area contributed by atoms with E-state index in [1.54, 1.807) is 70.1 Å². The fourth-order valence-corrected chi connectivity index (χ4v) is 8.44. The molecule has 0 fully saturated rings. The van der Waals surface area contributed by atoms with E-state index in [0.29, 0.717) is 10.4 Å². The van der Waals surface area contributed by atoms with Gasteiger partial charge in [0.15, 0.2) is 0 Å². The van der Waals surface area contributed by atoms with Crippen molar-refractivity contribution in [2.75, 3.05) is 0 Å². The maximum absolute atomic E-state index is 12.6. The SMILES string of the molecule is CC(C)(C)NS(=O)(=O)c1cc([N+](=O)[O-])ccc1-c1cncs1.CC(C)(C)NS(=O)(=O)c1cc([N+](=O)[O-])ccc1Br.c1cscn1. The van der Waals surface area contributed by atoms with E-state index < -0.39 is 41.0 Å². The number of hydrogen-bond donors (Lipinski definition) is 2. The highest BCUT2D eigenvalue weighted by Gasteiger charge is 2.28. The second-order valence-corrected chi connectivity index (χ2v) is 16.9. The highest BCUT2D eigenvalue weighted by atomic mass is 79.9. The lowest BCUT2D eigenvalue weighted by Crippen LogP contribution is -2.40. The summed E-state index contributed by atoms with van der Waals surface area (Å²) in [5.74, 6) is 0. The summed E-state index contributed by atoms with van der Waals surface area (Å²) in [6, 6.07) is 7.39. The van der Waals surface area contributed by atoms with Crippen molar-refractivity contribution in [1.82, 2.24) is 19.4 Å². The van der Waals surface area contributed by atoms with E-state index >= 15 is 0 Å². The first kappa shape index (κ1) is 38.0. The molecule has 45 heavy (non-hydrogen) atoms. The summed E-state index contributed by atoms with van der Waals surface area (Å²) < 4.78 is 54.6. The van der Waals surface area contributed by atoms with Gasteiger partial charge in [-0.3, -0.25) is 30.2 Å². The zero-order valence-electron chi connectivity index (χ0n) is 24.9. The molecule has 2 aromatic heterocycles. The molecule has 0 amide bonds. The first-order valence-electron chi connectivity index (χ1n) is 12.6. The molecule has 0 aliphatic heterocycles. The average Bonchev–Trinajstić information content (AvgIpc) is 3.63. The van der Waals surface area contributed by atoms with Crippen LogP contribution in [0.1, 0.15) is 41.5 Å². The number of sulfonamides is 2. The van der Waals surface area contributed by atoms with E-state index in [2.05, 4.69) is 35.3 Å². The van der Waals surface area contributed by atoms with Crippen molar-refractivity contribution >= 4 is 70.0 Å². The molecule has 4 aromatic rings. The van der Waals surface area contributed by atoms with Crippen molar-refractivity contribution in [3.8, 4) is 10.4 Å². The van der Waals surface area contributed by atoms with Crippen molar-refractivity contribution in [3.05, 3.63) is 89.9 Å². The van der Waals surface area contributed by atoms with Crippen molar-refractivity contribution in [2.24, 2.45) is 0 Å². The van der Waals surface area contributed by atoms with Crippen molar-refractivity contribution in [3.63, 3.8) is 0 Å². The van der Waals surface area contributed by atoms with Gasteiger partial charge in [-0.1, -0.05) is 0 Å². The zero-order valence-corrected chi connectivity index (χ0v) is 29.8. The van der Waals surface area contributed by atoms with Crippen LogP contribution in [0.3, 0.4) is 0 Å². The van der Waals surface area contributed by atoms with Crippen molar-refractivity contribution in [2.45, 2.75) is 62.4 Å². The Morgan fingerprint density at radius 2 is 1.29 bits per heavy atom. The summed E-state index contributed by atoms with van der Waals surface area (Å²) in [7, 11) is -7.71. The normalized spacial score (nSPS) is 11.9. The maximum Gasteiger partial charge on any atom is 0.270 e. The summed E-state index contributed by atoms with van der Waals surface area (Å²) >= 11 is 5.95. The topological polar surface area (TPSA) is 204 Å². The van der Waals surface area contributed by atoms with Crippen molar-refractivity contribution < 1.29 is 26.7 Å². The Morgan fingerprint density at radius 3 is 1.69 bits per heavy atom. The van der Waals surface area contributed by atoms with E-state index in [-0.39, 0.29) is 25.6 Å². The summed E-state index contributed by atoms with van der Waals surface area (Å²) in [5, 5.41) is 23.5. The van der Waals surface area contributed by atoms with E-state index in [1.807, 2.05) is 5.38 Å². The minimum absolute atomic E-state index is 0.124. The smallest absolute Gasteiger partial charge is 0.258 e. The number of nitrogens with one attached hydrogen (secondary N) is 2. The number of benzene rings is 2. The number of halogens is 1. The molecule has 2 aromatic carbocycles. The predicted molar refractivity (Wildman–Crippen MR) is 177 cm³/mol.